The molecule has 2 saturated heterocycles. The van der Waals surface area contributed by atoms with Crippen molar-refractivity contribution < 1.29 is 0 Å². The zero-order chi connectivity index (χ0) is 25.8. The number of nitrogens with zero attached hydrogens (tertiary/aromatic N) is 6. The Morgan fingerprint density at radius 2 is 1.97 bits per heavy atom. The van der Waals surface area contributed by atoms with Crippen LogP contribution in [0, 0.1) is 11.3 Å². The molecule has 1 aromatic heterocycles. The maximum Gasteiger partial charge on any atom is 0.147 e. The highest BCUT2D eigenvalue weighted by Crippen LogP contribution is 2.30. The summed E-state index contributed by atoms with van der Waals surface area (Å²) in [5.74, 6) is 1.77. The summed E-state index contributed by atoms with van der Waals surface area (Å²) in [6.45, 7) is 9.76. The minimum atomic E-state index is 0.496. The van der Waals surface area contributed by atoms with Crippen LogP contribution >= 0.6 is 23.2 Å². The van der Waals surface area contributed by atoms with E-state index in [1.165, 1.54) is 6.42 Å². The van der Waals surface area contributed by atoms with E-state index in [2.05, 4.69) is 38.0 Å². The van der Waals surface area contributed by atoms with Gasteiger partial charge in [0.15, 0.2) is 0 Å². The van der Waals surface area contributed by atoms with E-state index < -0.39 is 0 Å². The Morgan fingerprint density at radius 1 is 1.14 bits per heavy atom. The number of rotatable bonds is 7. The first-order valence-corrected chi connectivity index (χ1v) is 14.2. The third-order valence-corrected chi connectivity index (χ3v) is 8.34. The second-order valence-corrected chi connectivity index (χ2v) is 11.1. The van der Waals surface area contributed by atoms with Crippen LogP contribution in [0.15, 0.2) is 35.5 Å². The Kier molecular flexibility index (Phi) is 8.51. The number of nitriles is 1. The Balaban J connectivity index is 1.20. The lowest BCUT2D eigenvalue weighted by atomic mass is 9.96. The molecule has 2 fully saturated rings. The van der Waals surface area contributed by atoms with Gasteiger partial charge in [-0.3, -0.25) is 14.8 Å². The second kappa shape index (κ2) is 12.0. The van der Waals surface area contributed by atoms with Crippen molar-refractivity contribution in [2.75, 3.05) is 50.7 Å². The van der Waals surface area contributed by atoms with Gasteiger partial charge in [0.1, 0.15) is 11.7 Å². The van der Waals surface area contributed by atoms with Crippen LogP contribution in [0.1, 0.15) is 49.3 Å². The first-order chi connectivity index (χ1) is 18.1. The number of likely N-dealkylation sites (tertiary alicyclic amines) is 1. The van der Waals surface area contributed by atoms with Crippen LogP contribution in [0.3, 0.4) is 0 Å². The predicted molar refractivity (Wildman–Crippen MR) is 151 cm³/mol. The Bertz CT molecular complexity index is 1170. The molecule has 1 aromatic carbocycles. The van der Waals surface area contributed by atoms with E-state index >= 15 is 0 Å². The zero-order valence-electron chi connectivity index (χ0n) is 21.5. The highest BCUT2D eigenvalue weighted by Gasteiger charge is 2.34. The van der Waals surface area contributed by atoms with Gasteiger partial charge in [0, 0.05) is 61.6 Å². The van der Waals surface area contributed by atoms with Gasteiger partial charge in [0.25, 0.3) is 0 Å². The molecule has 1 N–H and O–H groups in total. The number of benzene rings is 1. The van der Waals surface area contributed by atoms with Crippen LogP contribution < -0.4 is 10.2 Å². The van der Waals surface area contributed by atoms with Crippen LogP contribution in [0.25, 0.3) is 0 Å². The molecule has 9 heteroatoms. The van der Waals surface area contributed by atoms with Crippen LogP contribution in [0.2, 0.25) is 10.0 Å². The maximum atomic E-state index is 9.49. The molecule has 7 nitrogen and oxygen atoms in total. The second-order valence-electron chi connectivity index (χ2n) is 10.2. The van der Waals surface area contributed by atoms with E-state index in [0.717, 1.165) is 94.4 Å². The molecule has 0 bridgehead atoms. The molecule has 0 unspecified atom stereocenters. The molecule has 3 aliphatic rings. The fourth-order valence-electron chi connectivity index (χ4n) is 5.96. The lowest BCUT2D eigenvalue weighted by Gasteiger charge is -2.48. The molecule has 1 atom stereocenters. The molecule has 3 aliphatic heterocycles. The number of halogens is 2. The van der Waals surface area contributed by atoms with Gasteiger partial charge in [0.2, 0.25) is 0 Å². The number of nitrogens with one attached hydrogen (secondary N) is 1. The number of piperazine rings is 1. The quantitative estimate of drug-likeness (QED) is 0.555. The van der Waals surface area contributed by atoms with Crippen molar-refractivity contribution in [3.63, 3.8) is 0 Å². The average Bonchev–Trinajstić information content (AvgIpc) is 3.46. The lowest BCUT2D eigenvalue weighted by molar-refractivity contribution is 0.0589. The average molecular weight is 541 g/mol. The molecule has 0 radical (unpaired) electrons. The number of hydrogen-bond donors (Lipinski definition) is 1. The minimum absolute atomic E-state index is 0.496. The highest BCUT2D eigenvalue weighted by molar-refractivity contribution is 6.33. The standard InChI is InChI=1S/C28H35Cl2N7/c1-2-3-25-19-36(28-26(30)15-22(17-34-28)27-32-8-9-33-27)12-13-37(25)24-6-10-35(11-7-24)18-20-4-5-23(29)14-21(20)16-31/h4-5,14-15,17,24-25H,2-3,6-13,18-19H2,1H3,(H,32,33)/t25-/m0/s1. The molecule has 0 amide bonds. The molecule has 37 heavy (non-hydrogen) atoms. The summed E-state index contributed by atoms with van der Waals surface area (Å²) in [6.07, 6.45) is 6.53. The summed E-state index contributed by atoms with van der Waals surface area (Å²) in [7, 11) is 0. The minimum Gasteiger partial charge on any atom is -0.368 e. The summed E-state index contributed by atoms with van der Waals surface area (Å²) >= 11 is 12.8. The van der Waals surface area contributed by atoms with Crippen molar-refractivity contribution in [2.45, 2.75) is 51.2 Å². The molecule has 196 valence electrons. The topological polar surface area (TPSA) is 70.8 Å². The zero-order valence-corrected chi connectivity index (χ0v) is 23.0. The summed E-state index contributed by atoms with van der Waals surface area (Å²) < 4.78 is 0. The molecular formula is C28H35Cl2N7. The third-order valence-electron chi connectivity index (χ3n) is 7.83. The van der Waals surface area contributed by atoms with Gasteiger partial charge in [-0.25, -0.2) is 4.98 Å². The first kappa shape index (κ1) is 26.2. The Labute approximate surface area is 230 Å². The normalized spacial score (nSPS) is 21.5. The lowest BCUT2D eigenvalue weighted by Crippen LogP contribution is -2.58. The van der Waals surface area contributed by atoms with Gasteiger partial charge in [-0.2, -0.15) is 5.26 Å². The van der Waals surface area contributed by atoms with Gasteiger partial charge in [-0.15, -0.1) is 0 Å². The van der Waals surface area contributed by atoms with Gasteiger partial charge < -0.3 is 10.2 Å². The van der Waals surface area contributed by atoms with Gasteiger partial charge in [0.05, 0.1) is 23.2 Å². The van der Waals surface area contributed by atoms with E-state index in [4.69, 9.17) is 28.2 Å². The summed E-state index contributed by atoms with van der Waals surface area (Å²) in [5.41, 5.74) is 2.71. The predicted octanol–water partition coefficient (Wildman–Crippen LogP) is 4.57. The summed E-state index contributed by atoms with van der Waals surface area (Å²) in [6, 6.07) is 11.0. The number of aliphatic imine (C=N–C) groups is 1. The van der Waals surface area contributed by atoms with Crippen LogP contribution in [-0.2, 0) is 6.54 Å². The Hall–Kier alpha value is -2.37. The largest absolute Gasteiger partial charge is 0.368 e. The van der Waals surface area contributed by atoms with Crippen molar-refractivity contribution in [2.24, 2.45) is 4.99 Å². The number of pyridine rings is 1. The number of anilines is 1. The molecule has 0 spiro atoms. The fourth-order valence-corrected chi connectivity index (χ4v) is 6.42. The van der Waals surface area contributed by atoms with Crippen LogP contribution in [0.5, 0.6) is 0 Å². The number of amidine groups is 1. The van der Waals surface area contributed by atoms with E-state index in [1.807, 2.05) is 24.4 Å². The molecular weight excluding hydrogens is 505 g/mol. The number of piperidine rings is 1. The smallest absolute Gasteiger partial charge is 0.147 e. The molecule has 2 aromatic rings. The van der Waals surface area contributed by atoms with Crippen molar-refractivity contribution in [3.05, 3.63) is 57.2 Å². The van der Waals surface area contributed by atoms with E-state index in [0.29, 0.717) is 27.7 Å². The first-order valence-electron chi connectivity index (χ1n) is 13.4. The SMILES string of the molecule is CCC[C@H]1CN(c2ncc(C3=NCCN3)cc2Cl)CCN1C1CCN(Cc2ccc(Cl)cc2C#N)CC1. The van der Waals surface area contributed by atoms with E-state index in [-0.39, 0.29) is 0 Å². The highest BCUT2D eigenvalue weighted by atomic mass is 35.5. The van der Waals surface area contributed by atoms with Crippen molar-refractivity contribution in [1.82, 2.24) is 20.1 Å². The summed E-state index contributed by atoms with van der Waals surface area (Å²) in [5, 5.41) is 14.1. The number of aromatic nitrogens is 1. The Morgan fingerprint density at radius 3 is 2.68 bits per heavy atom. The van der Waals surface area contributed by atoms with Crippen LogP contribution in [-0.4, -0.2) is 78.5 Å². The van der Waals surface area contributed by atoms with Crippen molar-refractivity contribution in [3.8, 4) is 6.07 Å². The van der Waals surface area contributed by atoms with Crippen LogP contribution in [0.4, 0.5) is 5.82 Å². The molecule has 5 rings (SSSR count). The van der Waals surface area contributed by atoms with Gasteiger partial charge in [-0.1, -0.05) is 42.6 Å². The van der Waals surface area contributed by atoms with Crippen molar-refractivity contribution in [1.29, 1.82) is 5.26 Å². The molecule has 4 heterocycles. The monoisotopic (exact) mass is 539 g/mol. The summed E-state index contributed by atoms with van der Waals surface area (Å²) in [4.78, 5) is 16.8. The fraction of sp³-hybridized carbons (Fsp3) is 0.536. The molecule has 0 saturated carbocycles. The van der Waals surface area contributed by atoms with Gasteiger partial charge in [-0.05, 0) is 56.1 Å². The van der Waals surface area contributed by atoms with Gasteiger partial charge >= 0.3 is 0 Å². The van der Waals surface area contributed by atoms with E-state index in [9.17, 15) is 5.26 Å². The van der Waals surface area contributed by atoms with E-state index in [1.54, 1.807) is 6.07 Å². The van der Waals surface area contributed by atoms with Crippen molar-refractivity contribution >= 4 is 34.9 Å². The maximum absolute atomic E-state index is 9.49. The third kappa shape index (κ3) is 6.04. The molecule has 0 aliphatic carbocycles. The number of hydrogen-bond acceptors (Lipinski definition) is 7.